The van der Waals surface area contributed by atoms with Gasteiger partial charge in [-0.25, -0.2) is 4.98 Å². The number of fused-ring (bicyclic) bond motifs is 1. The van der Waals surface area contributed by atoms with E-state index >= 15 is 0 Å². The summed E-state index contributed by atoms with van der Waals surface area (Å²) in [5.41, 5.74) is 0. The van der Waals surface area contributed by atoms with Crippen molar-refractivity contribution >= 4 is 26.7 Å². The van der Waals surface area contributed by atoms with Crippen molar-refractivity contribution in [3.63, 3.8) is 0 Å². The highest BCUT2D eigenvalue weighted by Gasteiger charge is 2.06. The molecule has 0 unspecified atom stereocenters. The van der Waals surface area contributed by atoms with Crippen molar-refractivity contribution in [1.29, 1.82) is 0 Å². The van der Waals surface area contributed by atoms with Crippen LogP contribution in [0.25, 0.3) is 10.8 Å². The van der Waals surface area contributed by atoms with Gasteiger partial charge in [0.05, 0.1) is 12.8 Å². The third-order valence-electron chi connectivity index (χ3n) is 2.56. The molecule has 0 aliphatic carbocycles. The standard InChI is InChI=1S/C13H14BrNO2/c1-2-3-6-17-9-4-5-10-11(7-9)12(16)8-15-13(10)14/h4-5,7-8,16H,2-3,6H2,1H3. The number of nitrogens with zero attached hydrogens (tertiary/aromatic N) is 1. The first kappa shape index (κ1) is 12.2. The van der Waals surface area contributed by atoms with Crippen LogP contribution >= 0.6 is 15.9 Å². The molecule has 90 valence electrons. The van der Waals surface area contributed by atoms with Crippen molar-refractivity contribution in [3.05, 3.63) is 29.0 Å². The van der Waals surface area contributed by atoms with E-state index in [4.69, 9.17) is 4.74 Å². The molecule has 4 heteroatoms. The number of rotatable bonds is 4. The van der Waals surface area contributed by atoms with E-state index in [1.54, 1.807) is 0 Å². The molecule has 0 amide bonds. The van der Waals surface area contributed by atoms with Gasteiger partial charge in [0.2, 0.25) is 0 Å². The van der Waals surface area contributed by atoms with Crippen molar-refractivity contribution in [2.75, 3.05) is 6.61 Å². The number of ether oxygens (including phenoxy) is 1. The average molecular weight is 296 g/mol. The van der Waals surface area contributed by atoms with Crippen molar-refractivity contribution in [1.82, 2.24) is 4.98 Å². The highest BCUT2D eigenvalue weighted by Crippen LogP contribution is 2.31. The summed E-state index contributed by atoms with van der Waals surface area (Å²) < 4.78 is 6.33. The Morgan fingerprint density at radius 2 is 2.18 bits per heavy atom. The van der Waals surface area contributed by atoms with Gasteiger partial charge in [-0.3, -0.25) is 0 Å². The molecule has 1 N–H and O–H groups in total. The maximum atomic E-state index is 9.75. The predicted molar refractivity (Wildman–Crippen MR) is 71.5 cm³/mol. The van der Waals surface area contributed by atoms with E-state index < -0.39 is 0 Å². The Kier molecular flexibility index (Phi) is 3.84. The van der Waals surface area contributed by atoms with E-state index in [0.717, 1.165) is 34.0 Å². The number of benzene rings is 1. The van der Waals surface area contributed by atoms with Crippen LogP contribution in [0.15, 0.2) is 29.0 Å². The molecule has 0 saturated heterocycles. The lowest BCUT2D eigenvalue weighted by atomic mass is 10.1. The smallest absolute Gasteiger partial charge is 0.141 e. The quantitative estimate of drug-likeness (QED) is 0.687. The minimum Gasteiger partial charge on any atom is -0.506 e. The fourth-order valence-electron chi connectivity index (χ4n) is 1.60. The topological polar surface area (TPSA) is 42.4 Å². The van der Waals surface area contributed by atoms with E-state index in [9.17, 15) is 5.11 Å². The van der Waals surface area contributed by atoms with Crippen LogP contribution in [0.4, 0.5) is 0 Å². The molecule has 1 aromatic heterocycles. The lowest BCUT2D eigenvalue weighted by Crippen LogP contribution is -1.96. The summed E-state index contributed by atoms with van der Waals surface area (Å²) in [6.45, 7) is 2.83. The van der Waals surface area contributed by atoms with Gasteiger partial charge in [0, 0.05) is 10.8 Å². The van der Waals surface area contributed by atoms with E-state index in [2.05, 4.69) is 27.8 Å². The number of hydrogen-bond donors (Lipinski definition) is 1. The van der Waals surface area contributed by atoms with Gasteiger partial charge in [-0.05, 0) is 40.5 Å². The average Bonchev–Trinajstić information content (AvgIpc) is 2.34. The normalized spacial score (nSPS) is 10.7. The number of aromatic nitrogens is 1. The molecule has 0 radical (unpaired) electrons. The van der Waals surface area contributed by atoms with Gasteiger partial charge in [-0.15, -0.1) is 0 Å². The van der Waals surface area contributed by atoms with Crippen LogP contribution in [0.2, 0.25) is 0 Å². The van der Waals surface area contributed by atoms with Gasteiger partial charge < -0.3 is 9.84 Å². The highest BCUT2D eigenvalue weighted by atomic mass is 79.9. The lowest BCUT2D eigenvalue weighted by molar-refractivity contribution is 0.309. The first-order valence-electron chi connectivity index (χ1n) is 5.62. The molecule has 1 aromatic carbocycles. The third-order valence-corrected chi connectivity index (χ3v) is 3.19. The summed E-state index contributed by atoms with van der Waals surface area (Å²) in [5.74, 6) is 0.948. The Morgan fingerprint density at radius 3 is 2.94 bits per heavy atom. The van der Waals surface area contributed by atoms with Crippen molar-refractivity contribution < 1.29 is 9.84 Å². The van der Waals surface area contributed by atoms with Crippen LogP contribution in [0.5, 0.6) is 11.5 Å². The molecule has 0 bridgehead atoms. The fraction of sp³-hybridized carbons (Fsp3) is 0.308. The maximum Gasteiger partial charge on any atom is 0.141 e. The summed E-state index contributed by atoms with van der Waals surface area (Å²) in [7, 11) is 0. The minimum atomic E-state index is 0.171. The number of halogens is 1. The monoisotopic (exact) mass is 295 g/mol. The zero-order valence-corrected chi connectivity index (χ0v) is 11.2. The molecule has 3 nitrogen and oxygen atoms in total. The second-order valence-corrected chi connectivity index (χ2v) is 4.59. The highest BCUT2D eigenvalue weighted by molar-refractivity contribution is 9.10. The number of aromatic hydroxyl groups is 1. The first-order valence-corrected chi connectivity index (χ1v) is 6.41. The Morgan fingerprint density at radius 1 is 1.35 bits per heavy atom. The summed E-state index contributed by atoms with van der Waals surface area (Å²) >= 11 is 3.36. The molecule has 0 fully saturated rings. The fourth-order valence-corrected chi connectivity index (χ4v) is 2.04. The molecule has 0 aliphatic heterocycles. The summed E-state index contributed by atoms with van der Waals surface area (Å²) in [6.07, 6.45) is 3.57. The van der Waals surface area contributed by atoms with Crippen molar-refractivity contribution in [2.24, 2.45) is 0 Å². The van der Waals surface area contributed by atoms with E-state index in [1.807, 2.05) is 18.2 Å². The van der Waals surface area contributed by atoms with Gasteiger partial charge in [-0.1, -0.05) is 13.3 Å². The Labute approximate surface area is 109 Å². The molecule has 0 atom stereocenters. The number of pyridine rings is 1. The van der Waals surface area contributed by atoms with Crippen LogP contribution in [0.1, 0.15) is 19.8 Å². The first-order chi connectivity index (χ1) is 8.22. The van der Waals surface area contributed by atoms with Gasteiger partial charge in [0.15, 0.2) is 0 Å². The molecule has 0 spiro atoms. The van der Waals surface area contributed by atoms with Crippen LogP contribution in [-0.4, -0.2) is 16.7 Å². The molecular formula is C13H14BrNO2. The molecular weight excluding hydrogens is 282 g/mol. The molecule has 0 saturated carbocycles. The van der Waals surface area contributed by atoms with Gasteiger partial charge in [0.25, 0.3) is 0 Å². The van der Waals surface area contributed by atoms with Crippen LogP contribution in [0.3, 0.4) is 0 Å². The molecule has 0 aliphatic rings. The number of unbranched alkanes of at least 4 members (excludes halogenated alkanes) is 1. The largest absolute Gasteiger partial charge is 0.506 e. The van der Waals surface area contributed by atoms with E-state index in [0.29, 0.717) is 6.61 Å². The van der Waals surface area contributed by atoms with Crippen LogP contribution in [0, 0.1) is 0 Å². The third kappa shape index (κ3) is 2.69. The lowest BCUT2D eigenvalue weighted by Gasteiger charge is -2.08. The maximum absolute atomic E-state index is 9.75. The van der Waals surface area contributed by atoms with E-state index in [-0.39, 0.29) is 5.75 Å². The second-order valence-electron chi connectivity index (χ2n) is 3.84. The molecule has 2 aromatic rings. The van der Waals surface area contributed by atoms with Gasteiger partial charge in [0.1, 0.15) is 16.1 Å². The minimum absolute atomic E-state index is 0.171. The molecule has 17 heavy (non-hydrogen) atoms. The van der Waals surface area contributed by atoms with Crippen molar-refractivity contribution in [2.45, 2.75) is 19.8 Å². The Balaban J connectivity index is 2.33. The summed E-state index contributed by atoms with van der Waals surface area (Å²) in [4.78, 5) is 4.04. The van der Waals surface area contributed by atoms with E-state index in [1.165, 1.54) is 6.20 Å². The molecule has 2 rings (SSSR count). The zero-order valence-electron chi connectivity index (χ0n) is 9.61. The van der Waals surface area contributed by atoms with Crippen molar-refractivity contribution in [3.8, 4) is 11.5 Å². The summed E-state index contributed by atoms with van der Waals surface area (Å²) in [5, 5.41) is 11.4. The van der Waals surface area contributed by atoms with Gasteiger partial charge >= 0.3 is 0 Å². The van der Waals surface area contributed by atoms with Gasteiger partial charge in [-0.2, -0.15) is 0 Å². The molecule has 1 heterocycles. The Bertz CT molecular complexity index is 528. The van der Waals surface area contributed by atoms with Crippen LogP contribution < -0.4 is 4.74 Å². The summed E-state index contributed by atoms with van der Waals surface area (Å²) in [6, 6.07) is 5.63. The zero-order chi connectivity index (χ0) is 12.3. The number of hydrogen-bond acceptors (Lipinski definition) is 3. The Hall–Kier alpha value is -1.29. The predicted octanol–water partition coefficient (Wildman–Crippen LogP) is 3.88. The van der Waals surface area contributed by atoms with Crippen LogP contribution in [-0.2, 0) is 0 Å². The second kappa shape index (κ2) is 5.36. The SMILES string of the molecule is CCCCOc1ccc2c(Br)ncc(O)c2c1.